The van der Waals surface area contributed by atoms with Gasteiger partial charge in [-0.05, 0) is 48.6 Å². The summed E-state index contributed by atoms with van der Waals surface area (Å²) in [4.78, 5) is 1.25. The predicted octanol–water partition coefficient (Wildman–Crippen LogP) is 4.10. The fraction of sp³-hybridized carbons (Fsp3) is 0.647. The van der Waals surface area contributed by atoms with E-state index in [1.807, 2.05) is 0 Å². The zero-order valence-electron chi connectivity index (χ0n) is 13.6. The van der Waals surface area contributed by atoms with Crippen LogP contribution in [-0.4, -0.2) is 27.0 Å². The molecule has 21 heavy (non-hydrogen) atoms. The highest BCUT2D eigenvalue weighted by Gasteiger charge is 2.34. The van der Waals surface area contributed by atoms with Crippen molar-refractivity contribution in [2.45, 2.75) is 44.0 Å². The van der Waals surface area contributed by atoms with Crippen LogP contribution in [0.4, 0.5) is 0 Å². The van der Waals surface area contributed by atoms with Gasteiger partial charge < -0.3 is 14.8 Å². The Morgan fingerprint density at radius 1 is 1.19 bits per heavy atom. The van der Waals surface area contributed by atoms with Gasteiger partial charge in [0.1, 0.15) is 0 Å². The summed E-state index contributed by atoms with van der Waals surface area (Å²) >= 11 is 1.75. The van der Waals surface area contributed by atoms with Gasteiger partial charge >= 0.3 is 0 Å². The summed E-state index contributed by atoms with van der Waals surface area (Å²) in [5.41, 5.74) is 1.83. The summed E-state index contributed by atoms with van der Waals surface area (Å²) in [6.45, 7) is 4.31. The number of thioether (sulfide) groups is 1. The molecule has 0 saturated heterocycles. The fourth-order valence-corrected chi connectivity index (χ4v) is 3.64. The lowest BCUT2D eigenvalue weighted by Gasteiger charge is -2.41. The van der Waals surface area contributed by atoms with E-state index in [2.05, 4.69) is 30.6 Å². The number of ether oxygens (including phenoxy) is 2. The highest BCUT2D eigenvalue weighted by molar-refractivity contribution is 7.98. The Morgan fingerprint density at radius 3 is 2.33 bits per heavy atom. The van der Waals surface area contributed by atoms with Gasteiger partial charge in [-0.3, -0.25) is 0 Å². The van der Waals surface area contributed by atoms with Crippen molar-refractivity contribution in [1.29, 1.82) is 0 Å². The van der Waals surface area contributed by atoms with Crippen LogP contribution < -0.4 is 14.8 Å². The van der Waals surface area contributed by atoms with Crippen molar-refractivity contribution in [3.8, 4) is 11.5 Å². The van der Waals surface area contributed by atoms with Crippen molar-refractivity contribution in [2.24, 2.45) is 5.41 Å². The van der Waals surface area contributed by atoms with Gasteiger partial charge in [0.25, 0.3) is 0 Å². The summed E-state index contributed by atoms with van der Waals surface area (Å²) in [7, 11) is 3.37. The Hall–Kier alpha value is -0.870. The van der Waals surface area contributed by atoms with E-state index in [4.69, 9.17) is 9.47 Å². The molecule has 0 heterocycles. The van der Waals surface area contributed by atoms with Gasteiger partial charge in [-0.15, -0.1) is 11.8 Å². The minimum atomic E-state index is 0.552. The first-order valence-corrected chi connectivity index (χ1v) is 8.90. The Labute approximate surface area is 132 Å². The summed E-state index contributed by atoms with van der Waals surface area (Å²) in [6, 6.07) is 4.16. The molecule has 0 aliphatic heterocycles. The van der Waals surface area contributed by atoms with Crippen LogP contribution in [0.2, 0.25) is 0 Å². The standard InChI is InChI=1S/C17H27NO2S/c1-5-17(7-6-8-17)12-18-11-13-9-14(19-2)15(20-3)10-16(13)21-4/h9-10,18H,5-8,11-12H2,1-4H3. The van der Waals surface area contributed by atoms with Gasteiger partial charge in [-0.25, -0.2) is 0 Å². The van der Waals surface area contributed by atoms with Crippen molar-refractivity contribution in [2.75, 3.05) is 27.0 Å². The van der Waals surface area contributed by atoms with Gasteiger partial charge in [0, 0.05) is 18.0 Å². The third kappa shape index (κ3) is 3.67. The van der Waals surface area contributed by atoms with E-state index in [9.17, 15) is 0 Å². The molecule has 0 aromatic heterocycles. The number of rotatable bonds is 8. The largest absolute Gasteiger partial charge is 0.493 e. The van der Waals surface area contributed by atoms with E-state index in [1.165, 1.54) is 36.1 Å². The highest BCUT2D eigenvalue weighted by Crippen LogP contribution is 2.43. The second kappa shape index (κ2) is 7.41. The first-order chi connectivity index (χ1) is 10.2. The molecule has 118 valence electrons. The van der Waals surface area contributed by atoms with Crippen LogP contribution in [0.5, 0.6) is 11.5 Å². The molecule has 0 unspecified atom stereocenters. The number of hydrogen-bond donors (Lipinski definition) is 1. The Morgan fingerprint density at radius 2 is 1.86 bits per heavy atom. The Kier molecular flexibility index (Phi) is 5.82. The molecule has 1 aromatic rings. The molecule has 0 amide bonds. The molecule has 0 atom stereocenters. The molecule has 1 fully saturated rings. The smallest absolute Gasteiger partial charge is 0.161 e. The lowest BCUT2D eigenvalue weighted by Crippen LogP contribution is -2.39. The van der Waals surface area contributed by atoms with Gasteiger partial charge in [-0.2, -0.15) is 0 Å². The van der Waals surface area contributed by atoms with Gasteiger partial charge in [0.15, 0.2) is 11.5 Å². The Bertz CT molecular complexity index is 467. The third-order valence-electron chi connectivity index (χ3n) is 4.77. The maximum absolute atomic E-state index is 5.42. The SMILES string of the molecule is CCC1(CNCc2cc(OC)c(OC)cc2SC)CCC1. The van der Waals surface area contributed by atoms with Crippen molar-refractivity contribution >= 4 is 11.8 Å². The van der Waals surface area contributed by atoms with Gasteiger partial charge in [0.05, 0.1) is 14.2 Å². The normalized spacial score (nSPS) is 16.4. The molecule has 4 heteroatoms. The molecule has 1 N–H and O–H groups in total. The topological polar surface area (TPSA) is 30.5 Å². The number of hydrogen-bond acceptors (Lipinski definition) is 4. The van der Waals surface area contributed by atoms with E-state index >= 15 is 0 Å². The van der Waals surface area contributed by atoms with Crippen molar-refractivity contribution in [3.63, 3.8) is 0 Å². The molecule has 1 aliphatic carbocycles. The average molecular weight is 309 g/mol. The molecule has 1 aromatic carbocycles. The fourth-order valence-electron chi connectivity index (χ4n) is 3.03. The highest BCUT2D eigenvalue weighted by atomic mass is 32.2. The van der Waals surface area contributed by atoms with Crippen LogP contribution in [0.25, 0.3) is 0 Å². The summed E-state index contributed by atoms with van der Waals surface area (Å²) in [5, 5.41) is 3.65. The maximum atomic E-state index is 5.42. The second-order valence-corrected chi connectivity index (χ2v) is 6.68. The van der Waals surface area contributed by atoms with Crippen LogP contribution in [0.1, 0.15) is 38.2 Å². The van der Waals surface area contributed by atoms with Crippen LogP contribution in [0.15, 0.2) is 17.0 Å². The number of benzene rings is 1. The lowest BCUT2D eigenvalue weighted by molar-refractivity contribution is 0.123. The zero-order valence-corrected chi connectivity index (χ0v) is 14.4. The quantitative estimate of drug-likeness (QED) is 0.733. The minimum Gasteiger partial charge on any atom is -0.493 e. The zero-order chi connectivity index (χ0) is 15.3. The monoisotopic (exact) mass is 309 g/mol. The van der Waals surface area contributed by atoms with Crippen molar-refractivity contribution in [3.05, 3.63) is 17.7 Å². The lowest BCUT2D eigenvalue weighted by atomic mass is 9.67. The predicted molar refractivity (Wildman–Crippen MR) is 89.6 cm³/mol. The second-order valence-electron chi connectivity index (χ2n) is 5.83. The van der Waals surface area contributed by atoms with Gasteiger partial charge in [-0.1, -0.05) is 13.3 Å². The van der Waals surface area contributed by atoms with Crippen LogP contribution in [0.3, 0.4) is 0 Å². The molecule has 1 saturated carbocycles. The number of methoxy groups -OCH3 is 2. The number of nitrogens with one attached hydrogen (secondary N) is 1. The van der Waals surface area contributed by atoms with E-state index < -0.39 is 0 Å². The molecule has 2 rings (SSSR count). The molecule has 0 spiro atoms. The van der Waals surface area contributed by atoms with E-state index in [0.29, 0.717) is 5.41 Å². The van der Waals surface area contributed by atoms with E-state index in [0.717, 1.165) is 24.6 Å². The van der Waals surface area contributed by atoms with E-state index in [1.54, 1.807) is 26.0 Å². The van der Waals surface area contributed by atoms with E-state index in [-0.39, 0.29) is 0 Å². The first-order valence-electron chi connectivity index (χ1n) is 7.67. The molecular weight excluding hydrogens is 282 g/mol. The van der Waals surface area contributed by atoms with Crippen molar-refractivity contribution < 1.29 is 9.47 Å². The van der Waals surface area contributed by atoms with Crippen molar-refractivity contribution in [1.82, 2.24) is 5.32 Å². The molecule has 0 bridgehead atoms. The van der Waals surface area contributed by atoms with Crippen LogP contribution >= 0.6 is 11.8 Å². The average Bonchev–Trinajstić information content (AvgIpc) is 2.49. The molecule has 1 aliphatic rings. The van der Waals surface area contributed by atoms with Crippen LogP contribution in [0, 0.1) is 5.41 Å². The Balaban J connectivity index is 2.04. The molecular formula is C17H27NO2S. The minimum absolute atomic E-state index is 0.552. The third-order valence-corrected chi connectivity index (χ3v) is 5.59. The maximum Gasteiger partial charge on any atom is 0.161 e. The van der Waals surface area contributed by atoms with Gasteiger partial charge in [0.2, 0.25) is 0 Å². The van der Waals surface area contributed by atoms with Crippen LogP contribution in [-0.2, 0) is 6.54 Å². The summed E-state index contributed by atoms with van der Waals surface area (Å²) < 4.78 is 10.8. The summed E-state index contributed by atoms with van der Waals surface area (Å²) in [5.74, 6) is 1.61. The summed E-state index contributed by atoms with van der Waals surface area (Å²) in [6.07, 6.45) is 7.52. The molecule has 3 nitrogen and oxygen atoms in total. The first kappa shape index (κ1) is 16.5. The molecule has 0 radical (unpaired) electrons.